The van der Waals surface area contributed by atoms with E-state index < -0.39 is 12.5 Å². The molecule has 0 radical (unpaired) electrons. The largest absolute Gasteiger partial charge is 0.464 e. The third-order valence-electron chi connectivity index (χ3n) is 7.44. The molecule has 0 saturated heterocycles. The highest BCUT2D eigenvalue weighted by molar-refractivity contribution is 7.13. The molecule has 1 amide bonds. The summed E-state index contributed by atoms with van der Waals surface area (Å²) in [5, 5.41) is 7.60. The van der Waals surface area contributed by atoms with Crippen LogP contribution in [0.2, 0.25) is 0 Å². The third kappa shape index (κ3) is 6.20. The molecular formula is C25H34F2N4O3S. The lowest BCUT2D eigenvalue weighted by atomic mass is 9.84. The maximum Gasteiger partial charge on any atom is 0.278 e. The fourth-order valence-corrected chi connectivity index (χ4v) is 6.35. The van der Waals surface area contributed by atoms with Gasteiger partial charge >= 0.3 is 0 Å². The van der Waals surface area contributed by atoms with E-state index in [9.17, 15) is 13.6 Å². The number of aryl methyl sites for hydroxylation is 1. The summed E-state index contributed by atoms with van der Waals surface area (Å²) in [5.41, 5.74) is 2.47. The van der Waals surface area contributed by atoms with Gasteiger partial charge in [0.05, 0.1) is 5.69 Å². The Labute approximate surface area is 208 Å². The summed E-state index contributed by atoms with van der Waals surface area (Å²) in [6.07, 6.45) is 10.2. The van der Waals surface area contributed by atoms with Crippen molar-refractivity contribution >= 4 is 17.2 Å². The zero-order chi connectivity index (χ0) is 24.4. The average Bonchev–Trinajstić information content (AvgIpc) is 3.45. The summed E-state index contributed by atoms with van der Waals surface area (Å²) in [4.78, 5) is 20.8. The molecule has 192 valence electrons. The summed E-state index contributed by atoms with van der Waals surface area (Å²) in [6, 6.07) is 0.205. The molecule has 1 saturated carbocycles. The first-order chi connectivity index (χ1) is 16.8. The number of amides is 1. The van der Waals surface area contributed by atoms with Crippen LogP contribution < -0.4 is 10.1 Å². The Hall–Kier alpha value is -2.07. The minimum absolute atomic E-state index is 0.0845. The Balaban J connectivity index is 1.04. The zero-order valence-corrected chi connectivity index (χ0v) is 21.1. The van der Waals surface area contributed by atoms with Gasteiger partial charge in [-0.3, -0.25) is 9.69 Å². The van der Waals surface area contributed by atoms with E-state index in [0.717, 1.165) is 113 Å². The Morgan fingerprint density at radius 2 is 2.03 bits per heavy atom. The second-order valence-corrected chi connectivity index (χ2v) is 11.4. The van der Waals surface area contributed by atoms with Crippen molar-refractivity contribution in [2.24, 2.45) is 5.92 Å². The molecule has 0 aromatic carbocycles. The average molecular weight is 509 g/mol. The molecule has 7 nitrogen and oxygen atoms in total. The van der Waals surface area contributed by atoms with Crippen molar-refractivity contribution in [2.45, 2.75) is 89.6 Å². The SMILES string of the molecule is CC(F)(F)COc1nc2c(s1)CCN(CC[C@H]1CC[C@H](NC(=O)c3noc4c3CCCC4)CC1)C2. The molecule has 5 rings (SSSR count). The maximum absolute atomic E-state index is 13.1. The lowest BCUT2D eigenvalue weighted by molar-refractivity contribution is -0.0230. The van der Waals surface area contributed by atoms with E-state index in [0.29, 0.717) is 16.8 Å². The van der Waals surface area contributed by atoms with Crippen LogP contribution in [0, 0.1) is 5.92 Å². The highest BCUT2D eigenvalue weighted by Crippen LogP contribution is 2.32. The van der Waals surface area contributed by atoms with Crippen LogP contribution in [-0.4, -0.2) is 52.6 Å². The van der Waals surface area contributed by atoms with Crippen LogP contribution in [0.5, 0.6) is 5.19 Å². The molecule has 2 aromatic heterocycles. The van der Waals surface area contributed by atoms with Crippen LogP contribution in [0.1, 0.15) is 84.3 Å². The van der Waals surface area contributed by atoms with E-state index in [-0.39, 0.29) is 11.9 Å². The smallest absolute Gasteiger partial charge is 0.278 e. The molecule has 2 aliphatic carbocycles. The maximum atomic E-state index is 13.1. The first-order valence-corrected chi connectivity index (χ1v) is 13.7. The van der Waals surface area contributed by atoms with Gasteiger partial charge in [-0.1, -0.05) is 16.5 Å². The van der Waals surface area contributed by atoms with Gasteiger partial charge in [-0.05, 0) is 70.3 Å². The zero-order valence-electron chi connectivity index (χ0n) is 20.3. The van der Waals surface area contributed by atoms with Crippen molar-refractivity contribution in [3.63, 3.8) is 0 Å². The second-order valence-electron chi connectivity index (χ2n) is 10.4. The van der Waals surface area contributed by atoms with E-state index in [1.165, 1.54) is 11.3 Å². The number of ether oxygens (including phenoxy) is 1. The Morgan fingerprint density at radius 1 is 1.23 bits per heavy atom. The van der Waals surface area contributed by atoms with Gasteiger partial charge in [0.1, 0.15) is 5.76 Å². The number of fused-ring (bicyclic) bond motifs is 2. The molecule has 35 heavy (non-hydrogen) atoms. The number of aromatic nitrogens is 2. The first-order valence-electron chi connectivity index (χ1n) is 12.8. The van der Waals surface area contributed by atoms with E-state index >= 15 is 0 Å². The molecule has 1 N–H and O–H groups in total. The molecule has 10 heteroatoms. The summed E-state index contributed by atoms with van der Waals surface area (Å²) in [6.45, 7) is 2.95. The predicted molar refractivity (Wildman–Crippen MR) is 128 cm³/mol. The molecule has 2 aromatic rings. The normalized spacial score (nSPS) is 22.9. The van der Waals surface area contributed by atoms with Crippen LogP contribution >= 0.6 is 11.3 Å². The Kier molecular flexibility index (Phi) is 7.39. The molecule has 1 aliphatic heterocycles. The van der Waals surface area contributed by atoms with Gasteiger partial charge in [0.15, 0.2) is 12.3 Å². The number of carbonyl (C=O) groups is 1. The number of hydrogen-bond donors (Lipinski definition) is 1. The van der Waals surface area contributed by atoms with Gasteiger partial charge in [0, 0.05) is 42.9 Å². The van der Waals surface area contributed by atoms with Crippen molar-refractivity contribution < 1.29 is 22.8 Å². The number of alkyl halides is 2. The minimum atomic E-state index is -2.85. The number of halogens is 2. The monoisotopic (exact) mass is 508 g/mol. The van der Waals surface area contributed by atoms with Gasteiger partial charge in [-0.25, -0.2) is 13.8 Å². The van der Waals surface area contributed by atoms with E-state index in [4.69, 9.17) is 9.26 Å². The van der Waals surface area contributed by atoms with Crippen LogP contribution in [-0.2, 0) is 25.8 Å². The van der Waals surface area contributed by atoms with Crippen LogP contribution in [0.3, 0.4) is 0 Å². The van der Waals surface area contributed by atoms with Crippen molar-refractivity contribution in [1.82, 2.24) is 20.4 Å². The number of nitrogens with one attached hydrogen (secondary N) is 1. The summed E-state index contributed by atoms with van der Waals surface area (Å²) >= 11 is 1.40. The third-order valence-corrected chi connectivity index (χ3v) is 8.51. The van der Waals surface area contributed by atoms with Gasteiger partial charge in [0.2, 0.25) is 0 Å². The number of carbonyl (C=O) groups excluding carboxylic acids is 1. The van der Waals surface area contributed by atoms with Crippen molar-refractivity contribution in [3.8, 4) is 5.19 Å². The Morgan fingerprint density at radius 3 is 2.83 bits per heavy atom. The quantitative estimate of drug-likeness (QED) is 0.553. The molecule has 1 fully saturated rings. The molecule has 0 unspecified atom stereocenters. The number of rotatable bonds is 8. The number of thiazole rings is 1. The molecule has 3 heterocycles. The molecule has 0 spiro atoms. The van der Waals surface area contributed by atoms with Crippen LogP contribution in [0.4, 0.5) is 8.78 Å². The van der Waals surface area contributed by atoms with Crippen LogP contribution in [0.25, 0.3) is 0 Å². The van der Waals surface area contributed by atoms with E-state index in [1.807, 2.05) is 0 Å². The lowest BCUT2D eigenvalue weighted by Crippen LogP contribution is -2.39. The lowest BCUT2D eigenvalue weighted by Gasteiger charge is -2.31. The molecule has 0 bridgehead atoms. The fourth-order valence-electron chi connectivity index (χ4n) is 5.45. The van der Waals surface area contributed by atoms with Gasteiger partial charge < -0.3 is 14.6 Å². The van der Waals surface area contributed by atoms with Gasteiger partial charge in [-0.15, -0.1) is 0 Å². The van der Waals surface area contributed by atoms with Gasteiger partial charge in [0.25, 0.3) is 17.0 Å². The predicted octanol–water partition coefficient (Wildman–Crippen LogP) is 4.78. The number of nitrogens with zero attached hydrogens (tertiary/aromatic N) is 3. The topological polar surface area (TPSA) is 80.5 Å². The summed E-state index contributed by atoms with van der Waals surface area (Å²) < 4.78 is 36.7. The standard InChI is InChI=1S/C25H34F2N4O3S/c1-25(26,27)15-33-24-29-19-14-31(13-11-21(19)35-24)12-10-16-6-8-17(9-7-16)28-23(32)22-18-4-2-3-5-20(18)34-30-22/h16-17H,2-15H2,1H3,(H,28,32)/t16-,17-. The molecule has 0 atom stereocenters. The summed E-state index contributed by atoms with van der Waals surface area (Å²) in [7, 11) is 0. The number of hydrogen-bond acceptors (Lipinski definition) is 7. The van der Waals surface area contributed by atoms with E-state index in [1.54, 1.807) is 0 Å². The molecule has 3 aliphatic rings. The second kappa shape index (κ2) is 10.5. The van der Waals surface area contributed by atoms with Crippen LogP contribution in [0.15, 0.2) is 4.52 Å². The summed E-state index contributed by atoms with van der Waals surface area (Å²) in [5.74, 6) is -1.39. The fraction of sp³-hybridized carbons (Fsp3) is 0.720. The van der Waals surface area contributed by atoms with Gasteiger partial charge in [-0.2, -0.15) is 0 Å². The molecular weight excluding hydrogens is 474 g/mol. The van der Waals surface area contributed by atoms with Crippen molar-refractivity contribution in [1.29, 1.82) is 0 Å². The van der Waals surface area contributed by atoms with E-state index in [2.05, 4.69) is 20.4 Å². The highest BCUT2D eigenvalue weighted by atomic mass is 32.1. The minimum Gasteiger partial charge on any atom is -0.464 e. The highest BCUT2D eigenvalue weighted by Gasteiger charge is 2.29. The Bertz CT molecular complexity index is 1030. The first kappa shape index (κ1) is 24.6. The van der Waals surface area contributed by atoms with Crippen molar-refractivity contribution in [3.05, 3.63) is 27.6 Å². The van der Waals surface area contributed by atoms with Crippen molar-refractivity contribution in [2.75, 3.05) is 19.7 Å².